The summed E-state index contributed by atoms with van der Waals surface area (Å²) in [7, 11) is 2.49. The standard InChI is InChI=1S/C18H16BrNO5/c1-24-17(22)12-5-8-14(18(23)25-2)15(10-12)20-16(21)9-11-3-6-13(19)7-4-11/h3-8,10H,9H2,1-2H3,(H,20,21). The van der Waals surface area contributed by atoms with Crippen LogP contribution in [0.1, 0.15) is 26.3 Å². The van der Waals surface area contributed by atoms with E-state index in [1.807, 2.05) is 24.3 Å². The fourth-order valence-electron chi connectivity index (χ4n) is 2.16. The molecule has 0 unspecified atom stereocenters. The van der Waals surface area contributed by atoms with Crippen molar-refractivity contribution in [2.24, 2.45) is 0 Å². The van der Waals surface area contributed by atoms with Crippen molar-refractivity contribution in [3.8, 4) is 0 Å². The van der Waals surface area contributed by atoms with Gasteiger partial charge in [0.1, 0.15) is 0 Å². The lowest BCUT2D eigenvalue weighted by molar-refractivity contribution is -0.115. The summed E-state index contributed by atoms with van der Waals surface area (Å²) < 4.78 is 10.3. The number of carbonyl (C=O) groups is 3. The highest BCUT2D eigenvalue weighted by Crippen LogP contribution is 2.20. The summed E-state index contributed by atoms with van der Waals surface area (Å²) in [6.07, 6.45) is 0.121. The van der Waals surface area contributed by atoms with Crippen molar-refractivity contribution in [3.05, 3.63) is 63.6 Å². The zero-order chi connectivity index (χ0) is 18.4. The fourth-order valence-corrected chi connectivity index (χ4v) is 2.43. The Hall–Kier alpha value is -2.67. The third-order valence-electron chi connectivity index (χ3n) is 3.40. The second kappa shape index (κ2) is 8.43. The predicted molar refractivity (Wildman–Crippen MR) is 95.6 cm³/mol. The summed E-state index contributed by atoms with van der Waals surface area (Å²) in [6.45, 7) is 0. The molecule has 1 N–H and O–H groups in total. The first kappa shape index (κ1) is 18.7. The number of anilines is 1. The van der Waals surface area contributed by atoms with Gasteiger partial charge in [0, 0.05) is 4.47 Å². The summed E-state index contributed by atoms with van der Waals surface area (Å²) >= 11 is 3.33. The van der Waals surface area contributed by atoms with Gasteiger partial charge in [-0.2, -0.15) is 0 Å². The summed E-state index contributed by atoms with van der Waals surface area (Å²) in [5.74, 6) is -1.51. The topological polar surface area (TPSA) is 81.7 Å². The van der Waals surface area contributed by atoms with Crippen molar-refractivity contribution < 1.29 is 23.9 Å². The first-order valence-corrected chi connectivity index (χ1v) is 8.09. The molecule has 130 valence electrons. The lowest BCUT2D eigenvalue weighted by Gasteiger charge is -2.11. The summed E-state index contributed by atoms with van der Waals surface area (Å²) in [5.41, 5.74) is 1.37. The maximum atomic E-state index is 12.3. The number of rotatable bonds is 5. The molecule has 0 aromatic heterocycles. The number of esters is 2. The molecule has 2 rings (SSSR count). The lowest BCUT2D eigenvalue weighted by Crippen LogP contribution is -2.18. The van der Waals surface area contributed by atoms with Crippen LogP contribution < -0.4 is 5.32 Å². The van der Waals surface area contributed by atoms with Gasteiger partial charge in [0.2, 0.25) is 5.91 Å². The molecular formula is C18H16BrNO5. The highest BCUT2D eigenvalue weighted by Gasteiger charge is 2.17. The van der Waals surface area contributed by atoms with Crippen LogP contribution in [0.15, 0.2) is 46.9 Å². The van der Waals surface area contributed by atoms with Crippen LogP contribution in [0.4, 0.5) is 5.69 Å². The molecule has 0 aliphatic rings. The van der Waals surface area contributed by atoms with Gasteiger partial charge < -0.3 is 14.8 Å². The number of ether oxygens (including phenoxy) is 2. The van der Waals surface area contributed by atoms with Gasteiger partial charge in [-0.25, -0.2) is 9.59 Å². The Morgan fingerprint density at radius 3 is 2.20 bits per heavy atom. The van der Waals surface area contributed by atoms with Crippen LogP contribution in [-0.2, 0) is 20.7 Å². The average molecular weight is 406 g/mol. The highest BCUT2D eigenvalue weighted by molar-refractivity contribution is 9.10. The normalized spacial score (nSPS) is 10.0. The molecule has 0 atom stereocenters. The van der Waals surface area contributed by atoms with Gasteiger partial charge in [-0.1, -0.05) is 28.1 Å². The van der Waals surface area contributed by atoms with Gasteiger partial charge in [0.25, 0.3) is 0 Å². The zero-order valence-corrected chi connectivity index (χ0v) is 15.3. The van der Waals surface area contributed by atoms with Crippen molar-refractivity contribution in [3.63, 3.8) is 0 Å². The molecule has 6 nitrogen and oxygen atoms in total. The van der Waals surface area contributed by atoms with Gasteiger partial charge in [-0.05, 0) is 35.9 Å². The molecule has 1 amide bonds. The Morgan fingerprint density at radius 2 is 1.60 bits per heavy atom. The molecule has 2 aromatic rings. The number of methoxy groups -OCH3 is 2. The fraction of sp³-hybridized carbons (Fsp3) is 0.167. The molecule has 0 fully saturated rings. The molecule has 2 aromatic carbocycles. The van der Waals surface area contributed by atoms with E-state index in [2.05, 4.69) is 26.0 Å². The quantitative estimate of drug-likeness (QED) is 0.772. The molecule has 0 aliphatic carbocycles. The van der Waals surface area contributed by atoms with Crippen molar-refractivity contribution in [2.45, 2.75) is 6.42 Å². The second-order valence-electron chi connectivity index (χ2n) is 5.09. The van der Waals surface area contributed by atoms with E-state index in [0.717, 1.165) is 10.0 Å². The van der Waals surface area contributed by atoms with Crippen molar-refractivity contribution in [1.29, 1.82) is 0 Å². The molecule has 0 heterocycles. The van der Waals surface area contributed by atoms with E-state index in [4.69, 9.17) is 4.74 Å². The molecule has 0 aliphatic heterocycles. The second-order valence-corrected chi connectivity index (χ2v) is 6.01. The molecule has 0 bridgehead atoms. The van der Waals surface area contributed by atoms with E-state index < -0.39 is 11.9 Å². The van der Waals surface area contributed by atoms with Crippen LogP contribution >= 0.6 is 15.9 Å². The lowest BCUT2D eigenvalue weighted by atomic mass is 10.1. The van der Waals surface area contributed by atoms with Crippen LogP contribution in [0.2, 0.25) is 0 Å². The van der Waals surface area contributed by atoms with Crippen molar-refractivity contribution >= 4 is 39.5 Å². The highest BCUT2D eigenvalue weighted by atomic mass is 79.9. The number of halogens is 1. The van der Waals surface area contributed by atoms with Crippen molar-refractivity contribution in [1.82, 2.24) is 0 Å². The molecule has 0 spiro atoms. The number of benzene rings is 2. The number of amides is 1. The Bertz CT molecular complexity index is 802. The van der Waals surface area contributed by atoms with E-state index in [9.17, 15) is 14.4 Å². The Morgan fingerprint density at radius 1 is 0.960 bits per heavy atom. The summed E-state index contributed by atoms with van der Waals surface area (Å²) in [6, 6.07) is 11.5. The number of hydrogen-bond donors (Lipinski definition) is 1. The van der Waals surface area contributed by atoms with Crippen LogP contribution in [0.25, 0.3) is 0 Å². The van der Waals surface area contributed by atoms with E-state index in [1.165, 1.54) is 32.4 Å². The monoisotopic (exact) mass is 405 g/mol. The van der Waals surface area contributed by atoms with Gasteiger partial charge in [0.15, 0.2) is 0 Å². The molecule has 25 heavy (non-hydrogen) atoms. The van der Waals surface area contributed by atoms with Crippen LogP contribution in [0.3, 0.4) is 0 Å². The predicted octanol–water partition coefficient (Wildman–Crippen LogP) is 3.20. The van der Waals surface area contributed by atoms with E-state index in [-0.39, 0.29) is 29.1 Å². The third kappa shape index (κ3) is 4.90. The minimum absolute atomic E-state index is 0.121. The largest absolute Gasteiger partial charge is 0.465 e. The van der Waals surface area contributed by atoms with E-state index in [1.54, 1.807) is 0 Å². The zero-order valence-electron chi connectivity index (χ0n) is 13.7. The third-order valence-corrected chi connectivity index (χ3v) is 3.93. The molecule has 0 saturated carbocycles. The van der Waals surface area contributed by atoms with Gasteiger partial charge >= 0.3 is 11.9 Å². The Balaban J connectivity index is 2.25. The van der Waals surface area contributed by atoms with Crippen LogP contribution in [0.5, 0.6) is 0 Å². The van der Waals surface area contributed by atoms with Crippen LogP contribution in [-0.4, -0.2) is 32.1 Å². The number of carbonyl (C=O) groups excluding carboxylic acids is 3. The first-order chi connectivity index (χ1) is 11.9. The molecular weight excluding hydrogens is 390 g/mol. The Kier molecular flexibility index (Phi) is 6.30. The van der Waals surface area contributed by atoms with Gasteiger partial charge in [-0.3, -0.25) is 4.79 Å². The first-order valence-electron chi connectivity index (χ1n) is 7.29. The van der Waals surface area contributed by atoms with E-state index in [0.29, 0.717) is 0 Å². The van der Waals surface area contributed by atoms with Crippen molar-refractivity contribution in [2.75, 3.05) is 19.5 Å². The molecule has 0 saturated heterocycles. The SMILES string of the molecule is COC(=O)c1ccc(C(=O)OC)c(NC(=O)Cc2ccc(Br)cc2)c1. The maximum absolute atomic E-state index is 12.3. The minimum Gasteiger partial charge on any atom is -0.465 e. The smallest absolute Gasteiger partial charge is 0.339 e. The van der Waals surface area contributed by atoms with Crippen LogP contribution in [0, 0.1) is 0 Å². The van der Waals surface area contributed by atoms with Gasteiger partial charge in [-0.15, -0.1) is 0 Å². The number of nitrogens with one attached hydrogen (secondary N) is 1. The number of hydrogen-bond acceptors (Lipinski definition) is 5. The molecule has 0 radical (unpaired) electrons. The average Bonchev–Trinajstić information content (AvgIpc) is 2.62. The minimum atomic E-state index is -0.615. The maximum Gasteiger partial charge on any atom is 0.339 e. The van der Waals surface area contributed by atoms with E-state index >= 15 is 0 Å². The van der Waals surface area contributed by atoms with Gasteiger partial charge in [0.05, 0.1) is 37.5 Å². The summed E-state index contributed by atoms with van der Waals surface area (Å²) in [5, 5.41) is 2.65. The Labute approximate surface area is 153 Å². The molecule has 7 heteroatoms. The summed E-state index contributed by atoms with van der Waals surface area (Å²) in [4.78, 5) is 35.8.